The van der Waals surface area contributed by atoms with E-state index in [1.165, 1.54) is 38.2 Å². The van der Waals surface area contributed by atoms with Gasteiger partial charge in [0.15, 0.2) is 0 Å². The summed E-state index contributed by atoms with van der Waals surface area (Å²) in [5.41, 5.74) is 7.13. The summed E-state index contributed by atoms with van der Waals surface area (Å²) in [6.45, 7) is 0.784. The smallest absolute Gasteiger partial charge is 0.125 e. The molecule has 0 spiro atoms. The topological polar surface area (TPSA) is 29.3 Å². The van der Waals surface area contributed by atoms with Gasteiger partial charge in [0.1, 0.15) is 5.82 Å². The van der Waals surface area contributed by atoms with Crippen molar-refractivity contribution in [3.63, 3.8) is 0 Å². The highest BCUT2D eigenvalue weighted by Crippen LogP contribution is 2.23. The van der Waals surface area contributed by atoms with E-state index in [1.54, 1.807) is 6.07 Å². The number of nitrogens with zero attached hydrogens (tertiary/aromatic N) is 1. The van der Waals surface area contributed by atoms with E-state index in [0.29, 0.717) is 11.7 Å². The van der Waals surface area contributed by atoms with Crippen LogP contribution < -0.4 is 5.73 Å². The largest absolute Gasteiger partial charge is 0.399 e. The van der Waals surface area contributed by atoms with Crippen molar-refractivity contribution in [3.05, 3.63) is 29.6 Å². The SMILES string of the molecule is CN(Cc1cc(N)cc(F)c1)C1CCCCC1. The van der Waals surface area contributed by atoms with Crippen LogP contribution in [0.2, 0.25) is 0 Å². The Balaban J connectivity index is 1.99. The first-order valence-electron chi connectivity index (χ1n) is 6.40. The van der Waals surface area contributed by atoms with Crippen molar-refractivity contribution < 1.29 is 4.39 Å². The maximum Gasteiger partial charge on any atom is 0.125 e. The molecule has 0 atom stereocenters. The first-order valence-corrected chi connectivity index (χ1v) is 6.40. The Kier molecular flexibility index (Phi) is 4.00. The van der Waals surface area contributed by atoms with Crippen LogP contribution in [0.1, 0.15) is 37.7 Å². The number of benzene rings is 1. The Hall–Kier alpha value is -1.09. The van der Waals surface area contributed by atoms with Gasteiger partial charge in [-0.25, -0.2) is 4.39 Å². The molecular weight excluding hydrogens is 215 g/mol. The van der Waals surface area contributed by atoms with Crippen LogP contribution in [0.15, 0.2) is 18.2 Å². The zero-order chi connectivity index (χ0) is 12.3. The van der Waals surface area contributed by atoms with Gasteiger partial charge in [0, 0.05) is 18.3 Å². The number of rotatable bonds is 3. The highest BCUT2D eigenvalue weighted by Gasteiger charge is 2.18. The highest BCUT2D eigenvalue weighted by atomic mass is 19.1. The second-order valence-corrected chi connectivity index (χ2v) is 5.10. The van der Waals surface area contributed by atoms with Crippen LogP contribution in [-0.4, -0.2) is 18.0 Å². The Bertz CT molecular complexity index is 352. The normalized spacial score (nSPS) is 17.6. The Labute approximate surface area is 103 Å². The maximum absolute atomic E-state index is 13.2. The summed E-state index contributed by atoms with van der Waals surface area (Å²) in [7, 11) is 2.12. The lowest BCUT2D eigenvalue weighted by Crippen LogP contribution is -2.32. The van der Waals surface area contributed by atoms with Crippen LogP contribution in [0.25, 0.3) is 0 Å². The van der Waals surface area contributed by atoms with Crippen molar-refractivity contribution >= 4 is 5.69 Å². The number of hydrogen-bond donors (Lipinski definition) is 1. The van der Waals surface area contributed by atoms with Crippen LogP contribution in [0.4, 0.5) is 10.1 Å². The number of nitrogen functional groups attached to an aromatic ring is 1. The molecule has 0 bridgehead atoms. The fraction of sp³-hybridized carbons (Fsp3) is 0.571. The Morgan fingerprint density at radius 3 is 2.59 bits per heavy atom. The molecule has 0 aromatic heterocycles. The number of halogens is 1. The molecule has 0 radical (unpaired) electrons. The Morgan fingerprint density at radius 2 is 1.94 bits per heavy atom. The molecule has 0 heterocycles. The number of anilines is 1. The molecule has 94 valence electrons. The highest BCUT2D eigenvalue weighted by molar-refractivity contribution is 5.41. The van der Waals surface area contributed by atoms with E-state index in [0.717, 1.165) is 12.1 Å². The van der Waals surface area contributed by atoms with E-state index in [4.69, 9.17) is 5.73 Å². The zero-order valence-electron chi connectivity index (χ0n) is 10.5. The molecule has 0 saturated heterocycles. The summed E-state index contributed by atoms with van der Waals surface area (Å²) in [6.07, 6.45) is 6.53. The van der Waals surface area contributed by atoms with Crippen molar-refractivity contribution in [1.82, 2.24) is 4.90 Å². The molecule has 1 aliphatic carbocycles. The lowest BCUT2D eigenvalue weighted by atomic mass is 9.94. The van der Waals surface area contributed by atoms with Gasteiger partial charge in [0.2, 0.25) is 0 Å². The molecule has 1 fully saturated rings. The average molecular weight is 236 g/mol. The van der Waals surface area contributed by atoms with Gasteiger partial charge in [-0.1, -0.05) is 19.3 Å². The minimum Gasteiger partial charge on any atom is -0.399 e. The molecule has 1 aromatic carbocycles. The lowest BCUT2D eigenvalue weighted by molar-refractivity contribution is 0.184. The Morgan fingerprint density at radius 1 is 1.24 bits per heavy atom. The standard InChI is InChI=1S/C14H21FN2/c1-17(14-5-3-2-4-6-14)10-11-7-12(15)9-13(16)8-11/h7-9,14H,2-6,10,16H2,1H3. The fourth-order valence-electron chi connectivity index (χ4n) is 2.71. The maximum atomic E-state index is 13.2. The first-order chi connectivity index (χ1) is 8.15. The first kappa shape index (κ1) is 12.4. The minimum atomic E-state index is -0.239. The molecule has 0 aliphatic heterocycles. The summed E-state index contributed by atoms with van der Waals surface area (Å²) in [5.74, 6) is -0.239. The van der Waals surface area contributed by atoms with E-state index in [1.807, 2.05) is 6.07 Å². The molecule has 0 unspecified atom stereocenters. The third-order valence-electron chi connectivity index (χ3n) is 3.61. The van der Waals surface area contributed by atoms with Crippen molar-refractivity contribution in [2.45, 2.75) is 44.7 Å². The van der Waals surface area contributed by atoms with Gasteiger partial charge < -0.3 is 5.73 Å². The van der Waals surface area contributed by atoms with Crippen LogP contribution in [0, 0.1) is 5.82 Å². The molecule has 1 saturated carbocycles. The van der Waals surface area contributed by atoms with Crippen LogP contribution in [0.3, 0.4) is 0 Å². The van der Waals surface area contributed by atoms with Crippen molar-refractivity contribution in [3.8, 4) is 0 Å². The molecular formula is C14H21FN2. The van der Waals surface area contributed by atoms with E-state index in [-0.39, 0.29) is 5.82 Å². The quantitative estimate of drug-likeness (QED) is 0.817. The summed E-state index contributed by atoms with van der Waals surface area (Å²) in [5, 5.41) is 0. The van der Waals surface area contributed by atoms with Gasteiger partial charge in [-0.05, 0) is 43.7 Å². The molecule has 1 aliphatic rings. The van der Waals surface area contributed by atoms with Gasteiger partial charge in [-0.15, -0.1) is 0 Å². The van der Waals surface area contributed by atoms with Crippen LogP contribution in [0.5, 0.6) is 0 Å². The average Bonchev–Trinajstić information content (AvgIpc) is 2.28. The lowest BCUT2D eigenvalue weighted by Gasteiger charge is -2.31. The second kappa shape index (κ2) is 5.50. The molecule has 2 nitrogen and oxygen atoms in total. The van der Waals surface area contributed by atoms with Gasteiger partial charge in [0.25, 0.3) is 0 Å². The number of nitrogens with two attached hydrogens (primary N) is 1. The summed E-state index contributed by atoms with van der Waals surface area (Å²) >= 11 is 0. The van der Waals surface area contributed by atoms with Gasteiger partial charge >= 0.3 is 0 Å². The predicted octanol–water partition coefficient (Wildman–Crippen LogP) is 3.17. The van der Waals surface area contributed by atoms with Crippen molar-refractivity contribution in [2.75, 3.05) is 12.8 Å². The third kappa shape index (κ3) is 3.43. The molecule has 2 N–H and O–H groups in total. The van der Waals surface area contributed by atoms with Crippen molar-refractivity contribution in [1.29, 1.82) is 0 Å². The van der Waals surface area contributed by atoms with Crippen LogP contribution in [-0.2, 0) is 6.54 Å². The van der Waals surface area contributed by atoms with E-state index in [9.17, 15) is 4.39 Å². The van der Waals surface area contributed by atoms with E-state index in [2.05, 4.69) is 11.9 Å². The molecule has 0 amide bonds. The molecule has 3 heteroatoms. The van der Waals surface area contributed by atoms with Gasteiger partial charge in [0.05, 0.1) is 0 Å². The van der Waals surface area contributed by atoms with Gasteiger partial charge in [-0.2, -0.15) is 0 Å². The van der Waals surface area contributed by atoms with Gasteiger partial charge in [-0.3, -0.25) is 4.90 Å². The fourth-order valence-corrected chi connectivity index (χ4v) is 2.71. The second-order valence-electron chi connectivity index (χ2n) is 5.10. The monoisotopic (exact) mass is 236 g/mol. The molecule has 2 rings (SSSR count). The van der Waals surface area contributed by atoms with E-state index >= 15 is 0 Å². The minimum absolute atomic E-state index is 0.239. The third-order valence-corrected chi connectivity index (χ3v) is 3.61. The summed E-state index contributed by atoms with van der Waals surface area (Å²) in [6, 6.07) is 5.45. The number of hydrogen-bond acceptors (Lipinski definition) is 2. The van der Waals surface area contributed by atoms with Crippen molar-refractivity contribution in [2.24, 2.45) is 0 Å². The summed E-state index contributed by atoms with van der Waals surface area (Å²) in [4.78, 5) is 2.33. The van der Waals surface area contributed by atoms with E-state index < -0.39 is 0 Å². The zero-order valence-corrected chi connectivity index (χ0v) is 10.5. The molecule has 1 aromatic rings. The van der Waals surface area contributed by atoms with Crippen LogP contribution >= 0.6 is 0 Å². The predicted molar refractivity (Wildman–Crippen MR) is 69.2 cm³/mol. The summed E-state index contributed by atoms with van der Waals surface area (Å²) < 4.78 is 13.2. The molecule has 17 heavy (non-hydrogen) atoms.